The van der Waals surface area contributed by atoms with Gasteiger partial charge in [0.15, 0.2) is 0 Å². The second kappa shape index (κ2) is 8.65. The maximum absolute atomic E-state index is 5.64. The van der Waals surface area contributed by atoms with Crippen molar-refractivity contribution in [2.24, 2.45) is 0 Å². The van der Waals surface area contributed by atoms with E-state index in [1.807, 2.05) is 18.2 Å². The molecule has 1 aliphatic rings. The number of methoxy groups -OCH3 is 2. The largest absolute Gasteiger partial charge is 0.497 e. The number of rotatable bonds is 4. The van der Waals surface area contributed by atoms with Gasteiger partial charge in [-0.2, -0.15) is 0 Å². The molecule has 0 fully saturated rings. The molecule has 0 saturated carbocycles. The summed E-state index contributed by atoms with van der Waals surface area (Å²) in [5, 5.41) is 4.94. The Morgan fingerprint density at radius 1 is 0.500 bits per heavy atom. The molecule has 0 aliphatic carbocycles. The first-order chi connectivity index (χ1) is 19.7. The Morgan fingerprint density at radius 3 is 2.00 bits per heavy atom. The van der Waals surface area contributed by atoms with Crippen LogP contribution in [0, 0.1) is 0 Å². The molecule has 0 N–H and O–H groups in total. The van der Waals surface area contributed by atoms with Gasteiger partial charge in [-0.05, 0) is 59.5 Å². The summed E-state index contributed by atoms with van der Waals surface area (Å²) in [6.45, 7) is 0. The van der Waals surface area contributed by atoms with Crippen molar-refractivity contribution in [3.05, 3.63) is 121 Å². The highest BCUT2D eigenvalue weighted by molar-refractivity contribution is 6.18. The van der Waals surface area contributed by atoms with Gasteiger partial charge in [-0.15, -0.1) is 0 Å². The predicted molar refractivity (Wildman–Crippen MR) is 165 cm³/mol. The molecule has 0 saturated heterocycles. The highest BCUT2D eigenvalue weighted by atomic mass is 16.5. The van der Waals surface area contributed by atoms with Crippen molar-refractivity contribution in [3.63, 3.8) is 0 Å². The normalized spacial score (nSPS) is 12.2. The molecular formula is C36H26N2O2. The van der Waals surface area contributed by atoms with Crippen molar-refractivity contribution in [1.29, 1.82) is 0 Å². The topological polar surface area (TPSA) is 26.6 Å². The second-order valence-corrected chi connectivity index (χ2v) is 10.2. The highest BCUT2D eigenvalue weighted by Crippen LogP contribution is 2.53. The molecule has 0 bridgehead atoms. The van der Waals surface area contributed by atoms with E-state index in [1.165, 1.54) is 32.7 Å². The van der Waals surface area contributed by atoms with E-state index in [9.17, 15) is 0 Å². The van der Waals surface area contributed by atoms with E-state index in [2.05, 4.69) is 113 Å². The molecule has 0 amide bonds. The molecule has 0 atom stereocenters. The van der Waals surface area contributed by atoms with Crippen LogP contribution in [-0.4, -0.2) is 18.8 Å². The molecule has 0 spiro atoms. The van der Waals surface area contributed by atoms with Gasteiger partial charge in [-0.1, -0.05) is 60.7 Å². The molecule has 7 aromatic rings. The van der Waals surface area contributed by atoms with E-state index in [0.29, 0.717) is 0 Å². The molecule has 1 aromatic heterocycles. The molecular weight excluding hydrogens is 492 g/mol. The number of anilines is 3. The molecule has 0 unspecified atom stereocenters. The number of fused-ring (bicyclic) bond motifs is 5. The molecule has 192 valence electrons. The van der Waals surface area contributed by atoms with E-state index in [4.69, 9.17) is 9.47 Å². The van der Waals surface area contributed by atoms with Crippen molar-refractivity contribution >= 4 is 49.6 Å². The summed E-state index contributed by atoms with van der Waals surface area (Å²) in [5.41, 5.74) is 9.21. The lowest BCUT2D eigenvalue weighted by Crippen LogP contribution is -2.15. The van der Waals surface area contributed by atoms with Crippen LogP contribution < -0.4 is 14.4 Å². The van der Waals surface area contributed by atoms with Crippen LogP contribution in [0.2, 0.25) is 0 Å². The third-order valence-corrected chi connectivity index (χ3v) is 8.07. The zero-order valence-corrected chi connectivity index (χ0v) is 22.3. The maximum Gasteiger partial charge on any atom is 0.120 e. The van der Waals surface area contributed by atoms with Crippen molar-refractivity contribution in [1.82, 2.24) is 4.57 Å². The fraction of sp³-hybridized carbons (Fsp3) is 0.0556. The van der Waals surface area contributed by atoms with Crippen molar-refractivity contribution < 1.29 is 9.47 Å². The first kappa shape index (κ1) is 22.7. The molecule has 4 nitrogen and oxygen atoms in total. The Balaban J connectivity index is 1.52. The number of aromatic nitrogens is 1. The van der Waals surface area contributed by atoms with E-state index in [0.717, 1.165) is 45.3 Å². The van der Waals surface area contributed by atoms with Gasteiger partial charge >= 0.3 is 0 Å². The molecule has 40 heavy (non-hydrogen) atoms. The molecule has 1 aliphatic heterocycles. The van der Waals surface area contributed by atoms with Crippen molar-refractivity contribution in [2.45, 2.75) is 0 Å². The Labute approximate surface area is 232 Å². The maximum atomic E-state index is 5.64. The molecule has 2 heterocycles. The van der Waals surface area contributed by atoms with Gasteiger partial charge in [0, 0.05) is 45.2 Å². The molecule has 6 aromatic carbocycles. The number of hydrogen-bond acceptors (Lipinski definition) is 3. The number of benzene rings is 6. The van der Waals surface area contributed by atoms with Gasteiger partial charge in [-0.3, -0.25) is 0 Å². The number of para-hydroxylation sites is 1. The molecule has 8 rings (SSSR count). The van der Waals surface area contributed by atoms with E-state index >= 15 is 0 Å². The number of ether oxygens (including phenoxy) is 2. The van der Waals surface area contributed by atoms with Crippen LogP contribution in [0.1, 0.15) is 0 Å². The zero-order valence-electron chi connectivity index (χ0n) is 22.3. The smallest absolute Gasteiger partial charge is 0.120 e. The van der Waals surface area contributed by atoms with Gasteiger partial charge in [0.05, 0.1) is 36.6 Å². The molecule has 0 radical (unpaired) electrons. The minimum Gasteiger partial charge on any atom is -0.497 e. The van der Waals surface area contributed by atoms with Gasteiger partial charge in [0.1, 0.15) is 11.5 Å². The van der Waals surface area contributed by atoms with Crippen LogP contribution in [-0.2, 0) is 0 Å². The summed E-state index contributed by atoms with van der Waals surface area (Å²) in [4.78, 5) is 2.38. The minimum atomic E-state index is 0.830. The monoisotopic (exact) mass is 518 g/mol. The minimum absolute atomic E-state index is 0.830. The van der Waals surface area contributed by atoms with Crippen LogP contribution in [0.25, 0.3) is 49.4 Å². The first-order valence-corrected chi connectivity index (χ1v) is 13.4. The Morgan fingerprint density at radius 2 is 1.20 bits per heavy atom. The third kappa shape index (κ3) is 3.20. The van der Waals surface area contributed by atoms with Crippen LogP contribution in [0.5, 0.6) is 11.5 Å². The van der Waals surface area contributed by atoms with Crippen LogP contribution in [0.4, 0.5) is 17.1 Å². The first-order valence-electron chi connectivity index (χ1n) is 13.4. The summed E-state index contributed by atoms with van der Waals surface area (Å²) in [6, 6.07) is 43.1. The van der Waals surface area contributed by atoms with Crippen molar-refractivity contribution in [3.8, 4) is 28.3 Å². The van der Waals surface area contributed by atoms with Gasteiger partial charge < -0.3 is 18.9 Å². The summed E-state index contributed by atoms with van der Waals surface area (Å²) in [6.07, 6.45) is 0. The van der Waals surface area contributed by atoms with Crippen LogP contribution in [0.3, 0.4) is 0 Å². The standard InChI is InChI=1S/C36H26N2O2/c1-39-26-13-7-11-24(19-26)37-32-17-4-3-15-28(32)30-21-31-29-16-5-9-23-10-6-18-33(36(23)29)38(35(31)22-34(30)37)25-12-8-14-27(20-25)40-2/h3-22H,1-2H3. The zero-order chi connectivity index (χ0) is 26.8. The summed E-state index contributed by atoms with van der Waals surface area (Å²) >= 11 is 0. The third-order valence-electron chi connectivity index (χ3n) is 8.07. The summed E-state index contributed by atoms with van der Waals surface area (Å²) in [7, 11) is 3.43. The Kier molecular flexibility index (Phi) is 4.92. The average molecular weight is 519 g/mol. The van der Waals surface area contributed by atoms with Crippen LogP contribution >= 0.6 is 0 Å². The fourth-order valence-electron chi connectivity index (χ4n) is 6.32. The van der Waals surface area contributed by atoms with Crippen molar-refractivity contribution in [2.75, 3.05) is 19.1 Å². The Bertz CT molecular complexity index is 2100. The number of hydrogen-bond donors (Lipinski definition) is 0. The van der Waals surface area contributed by atoms with E-state index < -0.39 is 0 Å². The SMILES string of the molecule is COc1cccc(N2c3cc4c(cc3-c3cccc5cccc2c35)c2ccccc2n4-c2cccc(OC)c2)c1. The lowest BCUT2D eigenvalue weighted by molar-refractivity contribution is 0.414. The van der Waals surface area contributed by atoms with Gasteiger partial charge in [0.2, 0.25) is 0 Å². The van der Waals surface area contributed by atoms with E-state index in [1.54, 1.807) is 14.2 Å². The second-order valence-electron chi connectivity index (χ2n) is 10.2. The van der Waals surface area contributed by atoms with Gasteiger partial charge in [-0.25, -0.2) is 0 Å². The van der Waals surface area contributed by atoms with Crippen LogP contribution in [0.15, 0.2) is 121 Å². The average Bonchev–Trinajstić information content (AvgIpc) is 3.34. The lowest BCUT2D eigenvalue weighted by atomic mass is 9.90. The highest BCUT2D eigenvalue weighted by Gasteiger charge is 2.28. The molecule has 4 heteroatoms. The summed E-state index contributed by atoms with van der Waals surface area (Å²) in [5.74, 6) is 1.66. The fourth-order valence-corrected chi connectivity index (χ4v) is 6.32. The predicted octanol–water partition coefficient (Wildman–Crippen LogP) is 9.40. The number of nitrogens with zero attached hydrogens (tertiary/aromatic N) is 2. The van der Waals surface area contributed by atoms with Gasteiger partial charge in [0.25, 0.3) is 0 Å². The Hall–Kier alpha value is -5.22. The quantitative estimate of drug-likeness (QED) is 0.232. The lowest BCUT2D eigenvalue weighted by Gasteiger charge is -2.34. The summed E-state index contributed by atoms with van der Waals surface area (Å²) < 4.78 is 13.6. The van der Waals surface area contributed by atoms with E-state index in [-0.39, 0.29) is 0 Å².